The molecule has 0 bridgehead atoms. The third-order valence-electron chi connectivity index (χ3n) is 3.00. The fourth-order valence-corrected chi connectivity index (χ4v) is 2.28. The van der Waals surface area contributed by atoms with Crippen LogP contribution in [-0.4, -0.2) is 10.2 Å². The molecule has 2 nitrogen and oxygen atoms in total. The van der Waals surface area contributed by atoms with E-state index in [-0.39, 0.29) is 23.2 Å². The summed E-state index contributed by atoms with van der Waals surface area (Å²) in [6.07, 6.45) is 0. The predicted octanol–water partition coefficient (Wildman–Crippen LogP) is 3.48. The fourth-order valence-electron chi connectivity index (χ4n) is 2.28. The summed E-state index contributed by atoms with van der Waals surface area (Å²) >= 11 is 0. The van der Waals surface area contributed by atoms with E-state index >= 15 is 0 Å². The van der Waals surface area contributed by atoms with Crippen LogP contribution in [0, 0.1) is 0 Å². The molecule has 1 aromatic carbocycles. The molecule has 17 heavy (non-hydrogen) atoms. The lowest BCUT2D eigenvalue weighted by Gasteiger charge is -2.32. The molecule has 0 aliphatic rings. The van der Waals surface area contributed by atoms with Gasteiger partial charge in [-0.1, -0.05) is 47.6 Å². The van der Waals surface area contributed by atoms with Crippen molar-refractivity contribution >= 4 is 0 Å². The van der Waals surface area contributed by atoms with E-state index in [1.165, 1.54) is 5.56 Å². The van der Waals surface area contributed by atoms with Crippen LogP contribution in [0.1, 0.15) is 58.2 Å². The van der Waals surface area contributed by atoms with E-state index in [9.17, 15) is 10.2 Å². The molecule has 0 aliphatic carbocycles. The van der Waals surface area contributed by atoms with E-state index in [1.807, 2.05) is 6.07 Å². The van der Waals surface area contributed by atoms with Gasteiger partial charge in [0.2, 0.25) is 0 Å². The maximum atomic E-state index is 9.88. The molecule has 0 radical (unpaired) electrons. The molecule has 0 aliphatic heterocycles. The van der Waals surface area contributed by atoms with Gasteiger partial charge in [0, 0.05) is 5.56 Å². The van der Waals surface area contributed by atoms with Gasteiger partial charge in [-0.3, -0.25) is 0 Å². The van der Waals surface area contributed by atoms with Crippen LogP contribution in [-0.2, 0) is 17.4 Å². The molecular weight excluding hydrogens is 212 g/mol. The molecule has 0 saturated heterocycles. The van der Waals surface area contributed by atoms with E-state index in [0.717, 1.165) is 5.56 Å². The van der Waals surface area contributed by atoms with Crippen LogP contribution < -0.4 is 0 Å². The summed E-state index contributed by atoms with van der Waals surface area (Å²) < 4.78 is 0. The Bertz CT molecular complexity index is 406. The molecule has 0 amide bonds. The molecule has 0 aromatic heterocycles. The molecule has 1 rings (SSSR count). The highest BCUT2D eigenvalue weighted by Crippen LogP contribution is 2.39. The van der Waals surface area contributed by atoms with Crippen LogP contribution in [0.3, 0.4) is 0 Å². The van der Waals surface area contributed by atoms with Crippen molar-refractivity contribution in [2.45, 2.75) is 59.0 Å². The monoisotopic (exact) mass is 236 g/mol. The Balaban J connectivity index is 3.64. The highest BCUT2D eigenvalue weighted by molar-refractivity contribution is 5.49. The minimum atomic E-state index is -0.123. The first kappa shape index (κ1) is 14.0. The number of rotatable bonds is 1. The standard InChI is InChI=1S/C15H24O2/c1-14(2,3)11-7-8-12(17)10(9-16)13(11)15(4,5)6/h7-8,16-17H,9H2,1-6H3. The van der Waals surface area contributed by atoms with Crippen LogP contribution in [0.4, 0.5) is 0 Å². The topological polar surface area (TPSA) is 40.5 Å². The molecule has 2 heteroatoms. The van der Waals surface area contributed by atoms with Crippen molar-refractivity contribution in [3.8, 4) is 5.75 Å². The van der Waals surface area contributed by atoms with Crippen molar-refractivity contribution in [1.82, 2.24) is 0 Å². The van der Waals surface area contributed by atoms with Crippen LogP contribution in [0.25, 0.3) is 0 Å². The Morgan fingerprint density at radius 1 is 0.941 bits per heavy atom. The summed E-state index contributed by atoms with van der Waals surface area (Å²) in [5.74, 6) is 0.186. The Morgan fingerprint density at radius 3 is 1.82 bits per heavy atom. The Morgan fingerprint density at radius 2 is 1.47 bits per heavy atom. The summed E-state index contributed by atoms with van der Waals surface area (Å²) in [6, 6.07) is 3.65. The summed E-state index contributed by atoms with van der Waals surface area (Å²) in [5, 5.41) is 19.4. The van der Waals surface area contributed by atoms with Crippen molar-refractivity contribution in [2.24, 2.45) is 0 Å². The van der Waals surface area contributed by atoms with Crippen LogP contribution >= 0.6 is 0 Å². The minimum absolute atomic E-state index is 0.000231. The highest BCUT2D eigenvalue weighted by atomic mass is 16.3. The third kappa shape index (κ3) is 2.81. The lowest BCUT2D eigenvalue weighted by Crippen LogP contribution is -2.24. The summed E-state index contributed by atoms with van der Waals surface area (Å²) in [5.41, 5.74) is 2.81. The van der Waals surface area contributed by atoms with Gasteiger partial charge < -0.3 is 10.2 Å². The molecule has 0 atom stereocenters. The highest BCUT2D eigenvalue weighted by Gasteiger charge is 2.28. The first-order chi connectivity index (χ1) is 7.59. The number of aromatic hydroxyl groups is 1. The van der Waals surface area contributed by atoms with Crippen molar-refractivity contribution in [2.75, 3.05) is 0 Å². The van der Waals surface area contributed by atoms with Gasteiger partial charge in [-0.15, -0.1) is 0 Å². The SMILES string of the molecule is CC(C)(C)c1ccc(O)c(CO)c1C(C)(C)C. The summed E-state index contributed by atoms with van der Waals surface area (Å²) in [4.78, 5) is 0. The maximum Gasteiger partial charge on any atom is 0.121 e. The van der Waals surface area contributed by atoms with Crippen molar-refractivity contribution in [3.63, 3.8) is 0 Å². The van der Waals surface area contributed by atoms with Gasteiger partial charge in [0.05, 0.1) is 6.61 Å². The third-order valence-corrected chi connectivity index (χ3v) is 3.00. The molecule has 0 heterocycles. The number of benzene rings is 1. The number of hydrogen-bond acceptors (Lipinski definition) is 2. The molecule has 0 spiro atoms. The fraction of sp³-hybridized carbons (Fsp3) is 0.600. The summed E-state index contributed by atoms with van der Waals surface area (Å²) in [7, 11) is 0. The van der Waals surface area contributed by atoms with E-state index in [0.29, 0.717) is 5.56 Å². The first-order valence-electron chi connectivity index (χ1n) is 6.05. The van der Waals surface area contributed by atoms with Crippen LogP contribution in [0.5, 0.6) is 5.75 Å². The number of hydrogen-bond donors (Lipinski definition) is 2. The van der Waals surface area contributed by atoms with Crippen molar-refractivity contribution in [3.05, 3.63) is 28.8 Å². The smallest absolute Gasteiger partial charge is 0.121 e. The van der Waals surface area contributed by atoms with Gasteiger partial charge in [0.15, 0.2) is 0 Å². The van der Waals surface area contributed by atoms with Gasteiger partial charge in [-0.25, -0.2) is 0 Å². The van der Waals surface area contributed by atoms with Gasteiger partial charge in [0.25, 0.3) is 0 Å². The van der Waals surface area contributed by atoms with E-state index in [1.54, 1.807) is 6.07 Å². The van der Waals surface area contributed by atoms with Gasteiger partial charge >= 0.3 is 0 Å². The second-order valence-electron chi connectivity index (χ2n) is 6.64. The van der Waals surface area contributed by atoms with E-state index in [2.05, 4.69) is 41.5 Å². The number of phenols is 1. The van der Waals surface area contributed by atoms with E-state index in [4.69, 9.17) is 0 Å². The first-order valence-corrected chi connectivity index (χ1v) is 6.05. The molecule has 0 fully saturated rings. The average molecular weight is 236 g/mol. The Labute approximate surface area is 104 Å². The second kappa shape index (κ2) is 4.34. The quantitative estimate of drug-likeness (QED) is 0.783. The predicted molar refractivity (Wildman–Crippen MR) is 71.4 cm³/mol. The average Bonchev–Trinajstić information content (AvgIpc) is 2.13. The molecule has 2 N–H and O–H groups in total. The molecule has 0 saturated carbocycles. The number of aliphatic hydroxyl groups is 1. The van der Waals surface area contributed by atoms with Crippen molar-refractivity contribution < 1.29 is 10.2 Å². The zero-order valence-electron chi connectivity index (χ0n) is 11.8. The Kier molecular flexibility index (Phi) is 3.58. The molecule has 1 aromatic rings. The molecule has 96 valence electrons. The van der Waals surface area contributed by atoms with Gasteiger partial charge in [-0.05, 0) is 28.0 Å². The number of aliphatic hydroxyl groups excluding tert-OH is 1. The van der Waals surface area contributed by atoms with Crippen molar-refractivity contribution in [1.29, 1.82) is 0 Å². The van der Waals surface area contributed by atoms with Crippen LogP contribution in [0.2, 0.25) is 0 Å². The van der Waals surface area contributed by atoms with Gasteiger partial charge in [0.1, 0.15) is 5.75 Å². The normalized spacial score (nSPS) is 12.9. The zero-order chi connectivity index (χ0) is 13.4. The van der Waals surface area contributed by atoms with E-state index < -0.39 is 0 Å². The maximum absolute atomic E-state index is 9.88. The summed E-state index contributed by atoms with van der Waals surface area (Å²) in [6.45, 7) is 12.6. The lowest BCUT2D eigenvalue weighted by molar-refractivity contribution is 0.271. The molecular formula is C15H24O2. The largest absolute Gasteiger partial charge is 0.508 e. The molecule has 0 unspecified atom stereocenters. The Hall–Kier alpha value is -1.02. The lowest BCUT2D eigenvalue weighted by atomic mass is 9.73. The zero-order valence-corrected chi connectivity index (χ0v) is 11.8. The minimum Gasteiger partial charge on any atom is -0.508 e. The second-order valence-corrected chi connectivity index (χ2v) is 6.64. The van der Waals surface area contributed by atoms with Crippen LogP contribution in [0.15, 0.2) is 12.1 Å². The van der Waals surface area contributed by atoms with Gasteiger partial charge in [-0.2, -0.15) is 0 Å².